The van der Waals surface area contributed by atoms with Gasteiger partial charge in [-0.25, -0.2) is 9.59 Å². The van der Waals surface area contributed by atoms with Crippen molar-refractivity contribution in [2.24, 2.45) is 0 Å². The fourth-order valence-corrected chi connectivity index (χ4v) is 3.21. The van der Waals surface area contributed by atoms with E-state index in [1.807, 2.05) is 19.2 Å². The summed E-state index contributed by atoms with van der Waals surface area (Å²) in [5, 5.41) is 14.6. The first-order chi connectivity index (χ1) is 15.6. The Morgan fingerprint density at radius 1 is 1.27 bits per heavy atom. The zero-order valence-corrected chi connectivity index (χ0v) is 17.6. The second-order valence-corrected chi connectivity index (χ2v) is 6.95. The molecule has 0 bridgehead atoms. The van der Waals surface area contributed by atoms with Crippen LogP contribution >= 0.6 is 0 Å². The van der Waals surface area contributed by atoms with Crippen LogP contribution in [0.1, 0.15) is 27.2 Å². The lowest BCUT2D eigenvalue weighted by atomic mass is 9.95. The molecule has 9 nitrogen and oxygen atoms in total. The lowest BCUT2D eigenvalue weighted by Gasteiger charge is -2.19. The SMILES string of the molecule is COC(=O)c1cccc(-c2nc(-c3c(C)ncc4c3CCNC4)no2)c1.O=C(O)C(F)(F)F. The number of carboxylic acids is 1. The van der Waals surface area contributed by atoms with E-state index in [1.165, 1.54) is 12.7 Å². The number of pyridine rings is 1. The van der Waals surface area contributed by atoms with E-state index < -0.39 is 18.1 Å². The monoisotopic (exact) mass is 464 g/mol. The smallest absolute Gasteiger partial charge is 0.475 e. The van der Waals surface area contributed by atoms with Crippen molar-refractivity contribution in [2.45, 2.75) is 26.1 Å². The van der Waals surface area contributed by atoms with Crippen LogP contribution in [0.3, 0.4) is 0 Å². The van der Waals surface area contributed by atoms with Crippen molar-refractivity contribution in [3.63, 3.8) is 0 Å². The van der Waals surface area contributed by atoms with E-state index in [-0.39, 0.29) is 0 Å². The number of aliphatic carboxylic acids is 1. The van der Waals surface area contributed by atoms with Crippen LogP contribution in [0.15, 0.2) is 35.0 Å². The highest BCUT2D eigenvalue weighted by atomic mass is 19.4. The fourth-order valence-electron chi connectivity index (χ4n) is 3.21. The van der Waals surface area contributed by atoms with Crippen molar-refractivity contribution in [3.05, 3.63) is 52.8 Å². The minimum atomic E-state index is -5.08. The van der Waals surface area contributed by atoms with Crippen LogP contribution in [0.25, 0.3) is 22.8 Å². The molecule has 174 valence electrons. The first kappa shape index (κ1) is 23.9. The standard InChI is InChI=1S/C19H18N4O3.C2HF3O2/c1-11-16(15-6-7-20-9-14(15)10-21-11)17-22-18(26-23-17)12-4-3-5-13(8-12)19(24)25-2;3-2(4,5)1(6)7/h3-5,8,10,20H,6-7,9H2,1-2H3;(H,6,7). The van der Waals surface area contributed by atoms with Gasteiger partial charge in [-0.2, -0.15) is 18.2 Å². The molecular formula is C21H19F3N4O5. The normalized spacial score (nSPS) is 12.9. The Kier molecular flexibility index (Phi) is 7.07. The second-order valence-electron chi connectivity index (χ2n) is 6.95. The van der Waals surface area contributed by atoms with Gasteiger partial charge in [-0.1, -0.05) is 11.2 Å². The average Bonchev–Trinajstić information content (AvgIpc) is 3.28. The summed E-state index contributed by atoms with van der Waals surface area (Å²) in [5.74, 6) is -2.28. The number of rotatable bonds is 3. The van der Waals surface area contributed by atoms with Gasteiger partial charge in [-0.05, 0) is 49.2 Å². The molecule has 3 heterocycles. The molecule has 0 spiro atoms. The molecule has 0 amide bonds. The Morgan fingerprint density at radius 3 is 2.67 bits per heavy atom. The first-order valence-corrected chi connectivity index (χ1v) is 9.62. The Balaban J connectivity index is 0.000000383. The van der Waals surface area contributed by atoms with Crippen molar-refractivity contribution >= 4 is 11.9 Å². The quantitative estimate of drug-likeness (QED) is 0.562. The maximum absolute atomic E-state index is 11.7. The van der Waals surface area contributed by atoms with E-state index >= 15 is 0 Å². The van der Waals surface area contributed by atoms with E-state index in [9.17, 15) is 18.0 Å². The van der Waals surface area contributed by atoms with E-state index in [1.54, 1.807) is 18.2 Å². The average molecular weight is 464 g/mol. The van der Waals surface area contributed by atoms with E-state index in [0.29, 0.717) is 22.8 Å². The molecular weight excluding hydrogens is 445 g/mol. The molecule has 3 aromatic rings. The van der Waals surface area contributed by atoms with Crippen LogP contribution in [-0.4, -0.2) is 52.0 Å². The van der Waals surface area contributed by atoms with Gasteiger partial charge in [0.15, 0.2) is 0 Å². The highest BCUT2D eigenvalue weighted by molar-refractivity contribution is 5.90. The number of nitrogens with zero attached hydrogens (tertiary/aromatic N) is 3. The number of nitrogens with one attached hydrogen (secondary N) is 1. The number of hydrogen-bond donors (Lipinski definition) is 2. The van der Waals surface area contributed by atoms with Gasteiger partial charge in [0.1, 0.15) is 0 Å². The minimum absolute atomic E-state index is 0.358. The van der Waals surface area contributed by atoms with E-state index in [4.69, 9.17) is 19.2 Å². The number of ether oxygens (including phenoxy) is 1. The molecule has 0 fully saturated rings. The Hall–Kier alpha value is -3.80. The van der Waals surface area contributed by atoms with Gasteiger partial charge in [0.05, 0.1) is 12.7 Å². The Labute approximate surface area is 185 Å². The number of methoxy groups -OCH3 is 1. The number of carbonyl (C=O) groups excluding carboxylic acids is 1. The molecule has 1 aromatic carbocycles. The molecule has 2 aromatic heterocycles. The molecule has 0 saturated heterocycles. The molecule has 0 unspecified atom stereocenters. The number of hydrogen-bond acceptors (Lipinski definition) is 8. The Bertz CT molecular complexity index is 1180. The summed E-state index contributed by atoms with van der Waals surface area (Å²) < 4.78 is 42.0. The summed E-state index contributed by atoms with van der Waals surface area (Å²) in [6, 6.07) is 6.94. The lowest BCUT2D eigenvalue weighted by Crippen LogP contribution is -2.24. The van der Waals surface area contributed by atoms with Gasteiger partial charge in [-0.3, -0.25) is 4.98 Å². The highest BCUT2D eigenvalue weighted by Crippen LogP contribution is 2.30. The van der Waals surface area contributed by atoms with Crippen LogP contribution < -0.4 is 5.32 Å². The van der Waals surface area contributed by atoms with Crippen molar-refractivity contribution in [1.82, 2.24) is 20.4 Å². The van der Waals surface area contributed by atoms with Gasteiger partial charge in [0.2, 0.25) is 5.82 Å². The molecule has 0 radical (unpaired) electrons. The molecule has 4 rings (SSSR count). The number of alkyl halides is 3. The zero-order valence-electron chi connectivity index (χ0n) is 17.6. The zero-order chi connectivity index (χ0) is 24.2. The van der Waals surface area contributed by atoms with Gasteiger partial charge in [0.25, 0.3) is 5.89 Å². The molecule has 0 saturated carbocycles. The van der Waals surface area contributed by atoms with Crippen LogP contribution in [0.4, 0.5) is 13.2 Å². The number of fused-ring (bicyclic) bond motifs is 1. The number of aromatic nitrogens is 3. The third-order valence-electron chi connectivity index (χ3n) is 4.76. The van der Waals surface area contributed by atoms with Gasteiger partial charge in [-0.15, -0.1) is 0 Å². The second kappa shape index (κ2) is 9.77. The van der Waals surface area contributed by atoms with Crippen molar-refractivity contribution in [3.8, 4) is 22.8 Å². The number of carboxylic acid groups (broad SMARTS) is 1. The summed E-state index contributed by atoms with van der Waals surface area (Å²) in [6.45, 7) is 3.66. The van der Waals surface area contributed by atoms with Crippen LogP contribution in [-0.2, 0) is 22.5 Å². The largest absolute Gasteiger partial charge is 0.490 e. The van der Waals surface area contributed by atoms with Crippen molar-refractivity contribution in [1.29, 1.82) is 0 Å². The number of esters is 1. The van der Waals surface area contributed by atoms with Crippen LogP contribution in [0.2, 0.25) is 0 Å². The lowest BCUT2D eigenvalue weighted by molar-refractivity contribution is -0.192. The summed E-state index contributed by atoms with van der Waals surface area (Å²) in [4.78, 5) is 29.7. The van der Waals surface area contributed by atoms with Gasteiger partial charge < -0.3 is 19.7 Å². The molecule has 2 N–H and O–H groups in total. The van der Waals surface area contributed by atoms with E-state index in [0.717, 1.165) is 36.3 Å². The Morgan fingerprint density at radius 2 is 2.00 bits per heavy atom. The molecule has 12 heteroatoms. The molecule has 1 aliphatic rings. The summed E-state index contributed by atoms with van der Waals surface area (Å²) in [6.07, 6.45) is -2.28. The van der Waals surface area contributed by atoms with Crippen molar-refractivity contribution in [2.75, 3.05) is 13.7 Å². The first-order valence-electron chi connectivity index (χ1n) is 9.62. The third-order valence-corrected chi connectivity index (χ3v) is 4.76. The summed E-state index contributed by atoms with van der Waals surface area (Å²) in [5.41, 5.74) is 5.29. The molecule has 33 heavy (non-hydrogen) atoms. The number of carbonyl (C=O) groups is 2. The van der Waals surface area contributed by atoms with Gasteiger partial charge >= 0.3 is 18.1 Å². The molecule has 0 aliphatic carbocycles. The topological polar surface area (TPSA) is 127 Å². The maximum atomic E-state index is 11.7. The predicted molar refractivity (Wildman–Crippen MR) is 108 cm³/mol. The number of benzene rings is 1. The van der Waals surface area contributed by atoms with Crippen molar-refractivity contribution < 1.29 is 37.1 Å². The number of aryl methyl sites for hydroxylation is 1. The molecule has 0 atom stereocenters. The maximum Gasteiger partial charge on any atom is 0.490 e. The van der Waals surface area contributed by atoms with Gasteiger partial charge in [0, 0.05) is 29.6 Å². The van der Waals surface area contributed by atoms with Crippen LogP contribution in [0, 0.1) is 6.92 Å². The molecule has 1 aliphatic heterocycles. The fraction of sp³-hybridized carbons (Fsp3) is 0.286. The predicted octanol–water partition coefficient (Wildman–Crippen LogP) is 3.17. The summed E-state index contributed by atoms with van der Waals surface area (Å²) >= 11 is 0. The highest BCUT2D eigenvalue weighted by Gasteiger charge is 2.38. The van der Waals surface area contributed by atoms with Crippen LogP contribution in [0.5, 0.6) is 0 Å². The van der Waals surface area contributed by atoms with E-state index in [2.05, 4.69) is 20.4 Å². The minimum Gasteiger partial charge on any atom is -0.475 e. The third kappa shape index (κ3) is 5.52. The number of halogens is 3. The summed E-state index contributed by atoms with van der Waals surface area (Å²) in [7, 11) is 1.35.